The lowest BCUT2D eigenvalue weighted by molar-refractivity contribution is 0.0638. The van der Waals surface area contributed by atoms with Crippen LogP contribution in [0.15, 0.2) is 66.0 Å². The SMILES string of the molecule is COc1cc2c(cc1OCc1cc(C#C[Si](C)(C)C)cc(COc3cc4c(cc3C)C(=O)N3C=C(C)C[C@H]3[C@H](O[Si](C)(C)C(C)(C)C)N4BC=O)c1)N(B(C)O)[C@@H](C)[C@@H]1CC(C)=CN1C2=O. The van der Waals surface area contributed by atoms with Gasteiger partial charge in [-0.1, -0.05) is 57.5 Å². The minimum atomic E-state index is -2.39. The van der Waals surface area contributed by atoms with Crippen LogP contribution in [0.5, 0.6) is 17.2 Å². The van der Waals surface area contributed by atoms with Crippen molar-refractivity contribution in [3.63, 3.8) is 0 Å². The van der Waals surface area contributed by atoms with Gasteiger partial charge in [0.25, 0.3) is 11.8 Å². The first-order valence-electron chi connectivity index (χ1n) is 23.0. The summed E-state index contributed by atoms with van der Waals surface area (Å²) < 4.78 is 26.2. The summed E-state index contributed by atoms with van der Waals surface area (Å²) >= 11 is 0. The van der Waals surface area contributed by atoms with Crippen molar-refractivity contribution in [1.29, 1.82) is 0 Å². The molecule has 0 saturated carbocycles. The third-order valence-electron chi connectivity index (χ3n) is 13.5. The van der Waals surface area contributed by atoms with E-state index in [0.717, 1.165) is 46.0 Å². The van der Waals surface area contributed by atoms with Crippen LogP contribution in [-0.2, 0) is 22.4 Å². The van der Waals surface area contributed by atoms with Gasteiger partial charge in [-0.25, -0.2) is 0 Å². The standard InChI is InChI=1S/C50H66B2N4O8Si2/c1-31-17-40-34(4)56(52(8)60)42-25-46(45(61-9)23-39(42)48(59)53(40)26-31)63-29-37-21-35(15-16-65(10,11)12)20-36(22-37)28-62-44-24-41-38(19-33(44)3)47(58)54-27-32(2)18-43(54)49(55(41)51-30-57)64-66(13,14)50(5,6)7/h19-27,30,34,40,43,49,51,60H,17-18,28-29H2,1-14H3/t34-,40-,43-,49-/m0/s1. The Morgan fingerprint density at radius 2 is 1.38 bits per heavy atom. The van der Waals surface area contributed by atoms with E-state index in [9.17, 15) is 19.4 Å². The van der Waals surface area contributed by atoms with Crippen LogP contribution in [-0.4, -0.2) is 95.1 Å². The number of hydrogen-bond acceptors (Lipinski definition) is 10. The molecule has 0 saturated heterocycles. The van der Waals surface area contributed by atoms with Crippen LogP contribution in [0.3, 0.4) is 0 Å². The third-order valence-corrected chi connectivity index (χ3v) is 18.9. The molecule has 0 aliphatic carbocycles. The molecule has 4 heterocycles. The number of carbonyl (C=O) groups excluding carboxylic acids is 3. The predicted octanol–water partition coefficient (Wildman–Crippen LogP) is 8.66. The van der Waals surface area contributed by atoms with E-state index in [4.69, 9.17) is 18.6 Å². The lowest BCUT2D eigenvalue weighted by atomic mass is 9.80. The van der Waals surface area contributed by atoms with Crippen molar-refractivity contribution >= 4 is 60.2 Å². The molecule has 4 aliphatic rings. The van der Waals surface area contributed by atoms with Crippen molar-refractivity contribution in [2.75, 3.05) is 16.7 Å². The molecular formula is C50H66B2N4O8Si2. The molecule has 4 aliphatic heterocycles. The number of nitrogens with zero attached hydrogens (tertiary/aromatic N) is 4. The van der Waals surface area contributed by atoms with E-state index < -0.39 is 29.7 Å². The summed E-state index contributed by atoms with van der Waals surface area (Å²) in [6.07, 6.45) is 5.54. The highest BCUT2D eigenvalue weighted by atomic mass is 28.4. The summed E-state index contributed by atoms with van der Waals surface area (Å²) in [6.45, 7) is 27.7. The van der Waals surface area contributed by atoms with Crippen LogP contribution < -0.4 is 23.8 Å². The van der Waals surface area contributed by atoms with Crippen molar-refractivity contribution in [3.8, 4) is 28.7 Å². The van der Waals surface area contributed by atoms with E-state index in [0.29, 0.717) is 46.2 Å². The lowest BCUT2D eigenvalue weighted by Gasteiger charge is -2.45. The zero-order chi connectivity index (χ0) is 48.2. The first-order chi connectivity index (χ1) is 30.9. The number of rotatable bonds is 12. The molecule has 0 spiro atoms. The van der Waals surface area contributed by atoms with E-state index >= 15 is 0 Å². The number of aryl methyl sites for hydroxylation is 1. The van der Waals surface area contributed by atoms with Crippen LogP contribution in [0.1, 0.15) is 97.4 Å². The van der Waals surface area contributed by atoms with Crippen molar-refractivity contribution < 1.29 is 38.0 Å². The van der Waals surface area contributed by atoms with E-state index in [2.05, 4.69) is 65.0 Å². The first kappa shape index (κ1) is 48.7. The molecule has 12 nitrogen and oxygen atoms in total. The van der Waals surface area contributed by atoms with E-state index in [1.54, 1.807) is 35.9 Å². The van der Waals surface area contributed by atoms with Crippen LogP contribution in [0, 0.1) is 18.4 Å². The summed E-state index contributed by atoms with van der Waals surface area (Å²) in [5, 5.41) is 11.0. The maximum absolute atomic E-state index is 14.4. The molecule has 7 rings (SSSR count). The Labute approximate surface area is 394 Å². The van der Waals surface area contributed by atoms with Gasteiger partial charge < -0.3 is 47.9 Å². The van der Waals surface area contributed by atoms with Crippen molar-refractivity contribution in [2.24, 2.45) is 0 Å². The topological polar surface area (TPSA) is 121 Å². The number of anilines is 2. The summed E-state index contributed by atoms with van der Waals surface area (Å²) in [6, 6.07) is 12.8. The molecule has 4 atom stereocenters. The second-order valence-corrected chi connectivity index (χ2v) is 30.6. The largest absolute Gasteiger partial charge is 0.493 e. The van der Waals surface area contributed by atoms with Gasteiger partial charge in [-0.15, -0.1) is 5.54 Å². The Kier molecular flexibility index (Phi) is 13.6. The van der Waals surface area contributed by atoms with Gasteiger partial charge in [0.05, 0.1) is 30.3 Å². The Bertz CT molecular complexity index is 2560. The van der Waals surface area contributed by atoms with Gasteiger partial charge >= 0.3 is 14.5 Å². The molecule has 0 bridgehead atoms. The van der Waals surface area contributed by atoms with Gasteiger partial charge in [-0.3, -0.25) is 9.59 Å². The summed E-state index contributed by atoms with van der Waals surface area (Å²) in [5.41, 5.74) is 11.1. The number of amides is 2. The second-order valence-electron chi connectivity index (χ2n) is 21.1. The van der Waals surface area contributed by atoms with Gasteiger partial charge in [-0.2, -0.15) is 0 Å². The van der Waals surface area contributed by atoms with Gasteiger partial charge in [-0.05, 0) is 113 Å². The molecule has 2 amide bonds. The Morgan fingerprint density at radius 3 is 1.94 bits per heavy atom. The highest BCUT2D eigenvalue weighted by molar-refractivity contribution is 6.84. The molecule has 3 aromatic carbocycles. The second kappa shape index (κ2) is 18.5. The highest BCUT2D eigenvalue weighted by Crippen LogP contribution is 2.45. The Hall–Kier alpha value is -5.21. The summed E-state index contributed by atoms with van der Waals surface area (Å²) in [4.78, 5) is 48.4. The lowest BCUT2D eigenvalue weighted by Crippen LogP contribution is -2.57. The fourth-order valence-corrected chi connectivity index (χ4v) is 11.0. The summed E-state index contributed by atoms with van der Waals surface area (Å²) in [5.74, 6) is 4.56. The van der Waals surface area contributed by atoms with Crippen LogP contribution in [0.2, 0.25) is 44.6 Å². The van der Waals surface area contributed by atoms with Crippen molar-refractivity contribution in [3.05, 3.63) is 99.4 Å². The average molecular weight is 929 g/mol. The Morgan fingerprint density at radius 1 is 0.818 bits per heavy atom. The smallest absolute Gasteiger partial charge is 0.409 e. The monoisotopic (exact) mass is 928 g/mol. The molecule has 3 aromatic rings. The molecule has 0 fully saturated rings. The van der Waals surface area contributed by atoms with Crippen LogP contribution in [0.4, 0.5) is 11.4 Å². The summed E-state index contributed by atoms with van der Waals surface area (Å²) in [7, 11) is -3.41. The zero-order valence-corrected chi connectivity index (χ0v) is 43.3. The minimum absolute atomic E-state index is 0.0457. The zero-order valence-electron chi connectivity index (χ0n) is 41.3. The van der Waals surface area contributed by atoms with Gasteiger partial charge in [0.15, 0.2) is 19.8 Å². The normalized spacial score (nSPS) is 20.5. The van der Waals surface area contributed by atoms with Crippen LogP contribution >= 0.6 is 0 Å². The van der Waals surface area contributed by atoms with E-state index in [1.807, 2.05) is 80.0 Å². The molecule has 1 N–H and O–H groups in total. The van der Waals surface area contributed by atoms with Gasteiger partial charge in [0.1, 0.15) is 39.5 Å². The number of hydrogen-bond donors (Lipinski definition) is 1. The molecule has 0 aromatic heterocycles. The maximum Gasteiger partial charge on any atom is 0.409 e. The predicted molar refractivity (Wildman–Crippen MR) is 270 cm³/mol. The number of ether oxygens (including phenoxy) is 3. The average Bonchev–Trinajstić information content (AvgIpc) is 3.80. The van der Waals surface area contributed by atoms with Crippen molar-refractivity contribution in [1.82, 2.24) is 9.80 Å². The number of fused-ring (bicyclic) bond motifs is 4. The fourth-order valence-electron chi connectivity index (χ4n) is 9.19. The molecule has 0 radical (unpaired) electrons. The molecule has 66 heavy (non-hydrogen) atoms. The van der Waals surface area contributed by atoms with Crippen molar-refractivity contribution in [2.45, 2.75) is 143 Å². The van der Waals surface area contributed by atoms with E-state index in [-0.39, 0.29) is 55.6 Å². The highest BCUT2D eigenvalue weighted by Gasteiger charge is 2.48. The van der Waals surface area contributed by atoms with Gasteiger partial charge in [0, 0.05) is 47.5 Å². The van der Waals surface area contributed by atoms with E-state index in [1.165, 1.54) is 0 Å². The third kappa shape index (κ3) is 9.77. The molecule has 348 valence electrons. The van der Waals surface area contributed by atoms with Gasteiger partial charge in [0.2, 0.25) is 0 Å². The fraction of sp³-hybridized carbons (Fsp3) is 0.460. The first-order valence-corrected chi connectivity index (χ1v) is 29.4. The van der Waals surface area contributed by atoms with Crippen LogP contribution in [0.25, 0.3) is 0 Å². The molecule has 16 heteroatoms. The number of methoxy groups -OCH3 is 1. The molecule has 0 unspecified atom stereocenters. The maximum atomic E-state index is 14.4. The number of carbonyl (C=O) groups is 3. The molecular weight excluding hydrogens is 862 g/mol. The minimum Gasteiger partial charge on any atom is -0.493 e. The quantitative estimate of drug-likeness (QED) is 0.107. The number of benzene rings is 3. The Balaban J connectivity index is 1.22.